The van der Waals surface area contributed by atoms with Gasteiger partial charge in [-0.05, 0) is 74.5 Å². The molecule has 2 aromatic carbocycles. The number of likely N-dealkylation sites (tertiary alicyclic amines) is 1. The van der Waals surface area contributed by atoms with E-state index < -0.39 is 5.67 Å². The normalized spacial score (nSPS) is 15.5. The number of benzene rings is 2. The summed E-state index contributed by atoms with van der Waals surface area (Å²) in [4.78, 5) is 2.54. The maximum atomic E-state index is 14.0. The highest BCUT2D eigenvalue weighted by Crippen LogP contribution is 2.27. The van der Waals surface area contributed by atoms with E-state index in [1.165, 1.54) is 37.9 Å². The Morgan fingerprint density at radius 3 is 2.26 bits per heavy atom. The van der Waals surface area contributed by atoms with Gasteiger partial charge in [0.25, 0.3) is 0 Å². The molecule has 1 aromatic heterocycles. The van der Waals surface area contributed by atoms with E-state index in [-0.39, 0.29) is 0 Å². The molecule has 4 rings (SSSR count). The fourth-order valence-corrected chi connectivity index (χ4v) is 4.68. The summed E-state index contributed by atoms with van der Waals surface area (Å²) in [5, 5.41) is 4.61. The highest BCUT2D eigenvalue weighted by atomic mass is 19.1. The first kappa shape index (κ1) is 24.2. The minimum absolute atomic E-state index is 0.410. The maximum Gasteiger partial charge on any atom is 0.109 e. The van der Waals surface area contributed by atoms with Gasteiger partial charge in [0.15, 0.2) is 0 Å². The van der Waals surface area contributed by atoms with Crippen molar-refractivity contribution in [3.05, 3.63) is 89.8 Å². The predicted molar refractivity (Wildman–Crippen MR) is 141 cm³/mol. The van der Waals surface area contributed by atoms with Crippen molar-refractivity contribution in [3.63, 3.8) is 0 Å². The molecule has 0 amide bonds. The summed E-state index contributed by atoms with van der Waals surface area (Å²) in [6.45, 7) is 12.8. The maximum absolute atomic E-state index is 14.0. The second kappa shape index (κ2) is 10.5. The Balaban J connectivity index is 1.50. The van der Waals surface area contributed by atoms with Gasteiger partial charge in [-0.3, -0.25) is 4.90 Å². The number of rotatable bonds is 8. The van der Waals surface area contributed by atoms with Gasteiger partial charge in [0, 0.05) is 30.4 Å². The molecule has 178 valence electrons. The third-order valence-corrected chi connectivity index (χ3v) is 6.56. The predicted octanol–water partition coefficient (Wildman–Crippen LogP) is 7.32. The summed E-state index contributed by atoms with van der Waals surface area (Å²) in [6.07, 6.45) is 10.2. The van der Waals surface area contributed by atoms with Gasteiger partial charge < -0.3 is 0 Å². The van der Waals surface area contributed by atoms with E-state index in [2.05, 4.69) is 59.9 Å². The van der Waals surface area contributed by atoms with Crippen LogP contribution in [0.3, 0.4) is 0 Å². The molecule has 34 heavy (non-hydrogen) atoms. The Bertz CT molecular complexity index is 1130. The van der Waals surface area contributed by atoms with Gasteiger partial charge in [-0.15, -0.1) is 0 Å². The van der Waals surface area contributed by atoms with Crippen LogP contribution < -0.4 is 0 Å². The Morgan fingerprint density at radius 2 is 1.65 bits per heavy atom. The number of nitrogens with zero attached hydrogens (tertiary/aromatic N) is 3. The number of allylic oxidation sites excluding steroid dienone is 2. The third kappa shape index (κ3) is 6.12. The topological polar surface area (TPSA) is 21.1 Å². The van der Waals surface area contributed by atoms with E-state index in [1.54, 1.807) is 13.8 Å². The molecule has 3 nitrogen and oxygen atoms in total. The molecule has 0 saturated carbocycles. The quantitative estimate of drug-likeness (QED) is 0.330. The zero-order chi connectivity index (χ0) is 24.1. The molecule has 0 spiro atoms. The van der Waals surface area contributed by atoms with Gasteiger partial charge in [0.2, 0.25) is 0 Å². The highest BCUT2D eigenvalue weighted by Gasteiger charge is 2.16. The summed E-state index contributed by atoms with van der Waals surface area (Å²) >= 11 is 0. The van der Waals surface area contributed by atoms with E-state index >= 15 is 0 Å². The summed E-state index contributed by atoms with van der Waals surface area (Å²) < 4.78 is 15.9. The number of halogens is 1. The number of hydrogen-bond acceptors (Lipinski definition) is 2. The van der Waals surface area contributed by atoms with Crippen LogP contribution in [0, 0.1) is 6.92 Å². The Morgan fingerprint density at radius 1 is 1.00 bits per heavy atom. The lowest BCUT2D eigenvalue weighted by Gasteiger charge is -2.26. The summed E-state index contributed by atoms with van der Waals surface area (Å²) in [5.74, 6) is 0. The lowest BCUT2D eigenvalue weighted by atomic mass is 9.98. The third-order valence-electron chi connectivity index (χ3n) is 6.56. The van der Waals surface area contributed by atoms with Crippen molar-refractivity contribution in [3.8, 4) is 11.1 Å². The summed E-state index contributed by atoms with van der Waals surface area (Å²) in [7, 11) is 0. The first-order valence-corrected chi connectivity index (χ1v) is 12.3. The lowest BCUT2D eigenvalue weighted by Crippen LogP contribution is -2.29. The molecule has 1 saturated heterocycles. The van der Waals surface area contributed by atoms with Gasteiger partial charge in [0.1, 0.15) is 5.67 Å². The van der Waals surface area contributed by atoms with Crippen molar-refractivity contribution >= 4 is 11.8 Å². The molecule has 1 fully saturated rings. The molecule has 0 N–H and O–H groups in total. The molecule has 4 heteroatoms. The number of piperidine rings is 1. The van der Waals surface area contributed by atoms with Crippen LogP contribution in [0.5, 0.6) is 0 Å². The molecule has 0 bridgehead atoms. The zero-order valence-electron chi connectivity index (χ0n) is 20.7. The molecule has 3 aromatic rings. The van der Waals surface area contributed by atoms with Crippen molar-refractivity contribution in [2.75, 3.05) is 13.1 Å². The molecule has 0 aliphatic carbocycles. The Hall–Kier alpha value is -2.98. The SMILES string of the molecule is C=C/C(=C\n1ncc(-c2ccc(CC(C)(C)F)cc2)c1C)c1ccc(CN2CCCCC2)cc1. The smallest absolute Gasteiger partial charge is 0.109 e. The fraction of sp³-hybridized carbons (Fsp3) is 0.367. The van der Waals surface area contributed by atoms with Crippen LogP contribution in [0.4, 0.5) is 4.39 Å². The van der Waals surface area contributed by atoms with E-state index in [4.69, 9.17) is 0 Å². The molecule has 1 aliphatic heterocycles. The van der Waals surface area contributed by atoms with Gasteiger partial charge in [-0.25, -0.2) is 9.07 Å². The lowest BCUT2D eigenvalue weighted by molar-refractivity contribution is 0.217. The summed E-state index contributed by atoms with van der Waals surface area (Å²) in [6, 6.07) is 16.9. The van der Waals surface area contributed by atoms with E-state index in [1.807, 2.05) is 35.3 Å². The summed E-state index contributed by atoms with van der Waals surface area (Å²) in [5.41, 5.74) is 6.52. The molecule has 0 unspecified atom stereocenters. The van der Waals surface area contributed by atoms with Crippen molar-refractivity contribution in [2.24, 2.45) is 0 Å². The van der Waals surface area contributed by atoms with Gasteiger partial charge in [-0.2, -0.15) is 5.10 Å². The van der Waals surface area contributed by atoms with Crippen molar-refractivity contribution in [1.82, 2.24) is 14.7 Å². The van der Waals surface area contributed by atoms with Crippen molar-refractivity contribution < 1.29 is 4.39 Å². The average molecular weight is 458 g/mol. The minimum Gasteiger partial charge on any atom is -0.299 e. The zero-order valence-corrected chi connectivity index (χ0v) is 20.7. The molecule has 1 aliphatic rings. The average Bonchev–Trinajstić information content (AvgIpc) is 3.18. The van der Waals surface area contributed by atoms with Crippen LogP contribution in [0.2, 0.25) is 0 Å². The van der Waals surface area contributed by atoms with Gasteiger partial charge in [0.05, 0.1) is 6.20 Å². The number of alkyl halides is 1. The second-order valence-electron chi connectivity index (χ2n) is 10.0. The van der Waals surface area contributed by atoms with E-state index in [9.17, 15) is 4.39 Å². The van der Waals surface area contributed by atoms with Crippen LogP contribution in [-0.4, -0.2) is 33.4 Å². The van der Waals surface area contributed by atoms with Gasteiger partial charge >= 0.3 is 0 Å². The van der Waals surface area contributed by atoms with Crippen LogP contribution >= 0.6 is 0 Å². The van der Waals surface area contributed by atoms with Crippen molar-refractivity contribution in [1.29, 1.82) is 0 Å². The Kier molecular flexibility index (Phi) is 7.47. The number of hydrogen-bond donors (Lipinski definition) is 0. The van der Waals surface area contributed by atoms with Crippen LogP contribution in [-0.2, 0) is 13.0 Å². The van der Waals surface area contributed by atoms with Crippen LogP contribution in [0.25, 0.3) is 22.9 Å². The monoisotopic (exact) mass is 457 g/mol. The first-order valence-electron chi connectivity index (χ1n) is 12.3. The standard InChI is InChI=1S/C30H36FN3/c1-5-26(27-13-11-25(12-14-27)21-33-17-7-6-8-18-33)22-34-23(2)29(20-32-34)28-15-9-24(10-16-28)19-30(3,4)31/h5,9-16,20,22H,1,6-8,17-19,21H2,2-4H3/b26-22+. The van der Waals surface area contributed by atoms with Crippen molar-refractivity contribution in [2.45, 2.75) is 58.7 Å². The van der Waals surface area contributed by atoms with E-state index in [0.29, 0.717) is 6.42 Å². The second-order valence-corrected chi connectivity index (χ2v) is 10.0. The highest BCUT2D eigenvalue weighted by molar-refractivity contribution is 5.82. The van der Waals surface area contributed by atoms with Crippen LogP contribution in [0.15, 0.2) is 67.4 Å². The Labute approximate surface area is 203 Å². The molecule has 0 atom stereocenters. The van der Waals surface area contributed by atoms with Crippen LogP contribution in [0.1, 0.15) is 55.5 Å². The fourth-order valence-electron chi connectivity index (χ4n) is 4.68. The minimum atomic E-state index is -1.21. The van der Waals surface area contributed by atoms with E-state index in [0.717, 1.165) is 40.1 Å². The molecule has 2 heterocycles. The number of aromatic nitrogens is 2. The first-order chi connectivity index (χ1) is 16.3. The molecular formula is C30H36FN3. The molecule has 0 radical (unpaired) electrons. The largest absolute Gasteiger partial charge is 0.299 e. The van der Waals surface area contributed by atoms with Gasteiger partial charge in [-0.1, -0.05) is 67.6 Å². The molecular weight excluding hydrogens is 421 g/mol.